The third kappa shape index (κ3) is 3.16. The Morgan fingerprint density at radius 1 is 1.52 bits per heavy atom. The Morgan fingerprint density at radius 2 is 2.43 bits per heavy atom. The number of thiazole rings is 1. The highest BCUT2D eigenvalue weighted by molar-refractivity contribution is 7.15. The van der Waals surface area contributed by atoms with Crippen molar-refractivity contribution < 1.29 is 9.21 Å². The molecule has 3 aromatic rings. The molecule has 0 bridgehead atoms. The molecule has 0 unspecified atom stereocenters. The third-order valence-electron chi connectivity index (χ3n) is 2.84. The Morgan fingerprint density at radius 3 is 3.14 bits per heavy atom. The van der Waals surface area contributed by atoms with Crippen LogP contribution < -0.4 is 5.32 Å². The standard InChI is InChI=1S/C13H13N5O2S/c1-9-11(21-13(17-9)10-3-2-4-20-10)5-15-12(19)6-18-8-14-7-16-18/h2-4,7-8H,5-6H2,1H3,(H,15,19). The molecule has 0 fully saturated rings. The van der Waals surface area contributed by atoms with Crippen LogP contribution in [0.1, 0.15) is 10.6 Å². The molecule has 0 saturated carbocycles. The number of furan rings is 1. The predicted octanol–water partition coefficient (Wildman–Crippen LogP) is 1.62. The monoisotopic (exact) mass is 303 g/mol. The molecule has 0 saturated heterocycles. The number of carbonyl (C=O) groups is 1. The Balaban J connectivity index is 1.61. The van der Waals surface area contributed by atoms with E-state index in [-0.39, 0.29) is 12.5 Å². The van der Waals surface area contributed by atoms with E-state index in [1.54, 1.807) is 6.26 Å². The minimum Gasteiger partial charge on any atom is -0.462 e. The van der Waals surface area contributed by atoms with Crippen molar-refractivity contribution in [1.82, 2.24) is 25.1 Å². The maximum absolute atomic E-state index is 11.8. The van der Waals surface area contributed by atoms with Crippen LogP contribution in [-0.2, 0) is 17.9 Å². The van der Waals surface area contributed by atoms with Gasteiger partial charge in [0.1, 0.15) is 19.2 Å². The lowest BCUT2D eigenvalue weighted by Crippen LogP contribution is -2.27. The smallest absolute Gasteiger partial charge is 0.242 e. The largest absolute Gasteiger partial charge is 0.462 e. The summed E-state index contributed by atoms with van der Waals surface area (Å²) in [4.78, 5) is 21.0. The molecule has 108 valence electrons. The lowest BCUT2D eigenvalue weighted by atomic mass is 10.4. The Labute approximate surface area is 124 Å². The fraction of sp³-hybridized carbons (Fsp3) is 0.231. The summed E-state index contributed by atoms with van der Waals surface area (Å²) >= 11 is 1.51. The van der Waals surface area contributed by atoms with Crippen LogP contribution in [0.15, 0.2) is 35.5 Å². The van der Waals surface area contributed by atoms with Gasteiger partial charge in [-0.25, -0.2) is 14.6 Å². The number of aryl methyl sites for hydroxylation is 1. The van der Waals surface area contributed by atoms with Gasteiger partial charge in [0.25, 0.3) is 0 Å². The van der Waals surface area contributed by atoms with Crippen LogP contribution in [-0.4, -0.2) is 25.7 Å². The molecule has 7 nitrogen and oxygen atoms in total. The molecule has 0 radical (unpaired) electrons. The zero-order valence-corrected chi connectivity index (χ0v) is 12.1. The lowest BCUT2D eigenvalue weighted by molar-refractivity contribution is -0.122. The van der Waals surface area contributed by atoms with E-state index in [0.29, 0.717) is 6.54 Å². The third-order valence-corrected chi connectivity index (χ3v) is 4.01. The van der Waals surface area contributed by atoms with Gasteiger partial charge in [0, 0.05) is 4.88 Å². The zero-order valence-electron chi connectivity index (χ0n) is 11.3. The van der Waals surface area contributed by atoms with Crippen molar-refractivity contribution in [2.75, 3.05) is 0 Å². The van der Waals surface area contributed by atoms with Gasteiger partial charge < -0.3 is 9.73 Å². The fourth-order valence-electron chi connectivity index (χ4n) is 1.79. The summed E-state index contributed by atoms with van der Waals surface area (Å²) in [6.07, 6.45) is 4.52. The van der Waals surface area contributed by atoms with Crippen LogP contribution in [0.2, 0.25) is 0 Å². The second-order valence-corrected chi connectivity index (χ2v) is 5.46. The van der Waals surface area contributed by atoms with Crippen molar-refractivity contribution in [2.24, 2.45) is 0 Å². The van der Waals surface area contributed by atoms with E-state index in [0.717, 1.165) is 21.3 Å². The first-order valence-corrected chi connectivity index (χ1v) is 7.13. The molecule has 0 aliphatic rings. The molecule has 0 aliphatic heterocycles. The number of carbonyl (C=O) groups excluding carboxylic acids is 1. The van der Waals surface area contributed by atoms with E-state index in [9.17, 15) is 4.79 Å². The van der Waals surface area contributed by atoms with Crippen molar-refractivity contribution >= 4 is 17.2 Å². The topological polar surface area (TPSA) is 85.8 Å². The average molecular weight is 303 g/mol. The zero-order chi connectivity index (χ0) is 14.7. The Kier molecular flexibility index (Phi) is 3.78. The van der Waals surface area contributed by atoms with Crippen molar-refractivity contribution in [3.8, 4) is 10.8 Å². The van der Waals surface area contributed by atoms with E-state index in [4.69, 9.17) is 4.42 Å². The molecular weight excluding hydrogens is 290 g/mol. The van der Waals surface area contributed by atoms with Crippen molar-refractivity contribution in [2.45, 2.75) is 20.0 Å². The van der Waals surface area contributed by atoms with Crippen molar-refractivity contribution in [3.05, 3.63) is 41.6 Å². The second kappa shape index (κ2) is 5.88. The normalized spacial score (nSPS) is 10.7. The van der Waals surface area contributed by atoms with Crippen LogP contribution in [0.3, 0.4) is 0 Å². The minimum atomic E-state index is -0.118. The van der Waals surface area contributed by atoms with Crippen LogP contribution in [0, 0.1) is 6.92 Å². The molecular formula is C13H13N5O2S. The number of hydrogen-bond donors (Lipinski definition) is 1. The SMILES string of the molecule is Cc1nc(-c2ccco2)sc1CNC(=O)Cn1cncn1. The quantitative estimate of drug-likeness (QED) is 0.774. The molecule has 1 N–H and O–H groups in total. The van der Waals surface area contributed by atoms with E-state index in [2.05, 4.69) is 20.4 Å². The van der Waals surface area contributed by atoms with Crippen LogP contribution in [0.5, 0.6) is 0 Å². The summed E-state index contributed by atoms with van der Waals surface area (Å²) in [7, 11) is 0. The summed E-state index contributed by atoms with van der Waals surface area (Å²) in [5.74, 6) is 0.621. The predicted molar refractivity (Wildman–Crippen MR) is 76.4 cm³/mol. The molecule has 3 aromatic heterocycles. The van der Waals surface area contributed by atoms with Gasteiger partial charge in [0.15, 0.2) is 10.8 Å². The van der Waals surface area contributed by atoms with Gasteiger partial charge in [0.2, 0.25) is 5.91 Å². The molecule has 21 heavy (non-hydrogen) atoms. The first kappa shape index (κ1) is 13.5. The van der Waals surface area contributed by atoms with Crippen molar-refractivity contribution in [1.29, 1.82) is 0 Å². The van der Waals surface area contributed by atoms with Gasteiger partial charge in [-0.3, -0.25) is 4.79 Å². The fourth-order valence-corrected chi connectivity index (χ4v) is 2.76. The number of nitrogens with one attached hydrogen (secondary N) is 1. The molecule has 0 aromatic carbocycles. The van der Waals surface area contributed by atoms with Gasteiger partial charge >= 0.3 is 0 Å². The Bertz CT molecular complexity index is 718. The molecule has 3 rings (SSSR count). The second-order valence-electron chi connectivity index (χ2n) is 4.37. The van der Waals surface area contributed by atoms with Gasteiger partial charge in [0.05, 0.1) is 18.5 Å². The van der Waals surface area contributed by atoms with Crippen LogP contribution >= 0.6 is 11.3 Å². The van der Waals surface area contributed by atoms with Gasteiger partial charge in [-0.05, 0) is 19.1 Å². The van der Waals surface area contributed by atoms with Crippen LogP contribution in [0.4, 0.5) is 0 Å². The minimum absolute atomic E-state index is 0.118. The number of aromatic nitrogens is 4. The highest BCUT2D eigenvalue weighted by atomic mass is 32.1. The average Bonchev–Trinajstić information content (AvgIpc) is 3.17. The maximum Gasteiger partial charge on any atom is 0.242 e. The molecule has 8 heteroatoms. The first-order chi connectivity index (χ1) is 10.2. The molecule has 0 atom stereocenters. The van der Waals surface area contributed by atoms with Gasteiger partial charge in [-0.1, -0.05) is 0 Å². The molecule has 1 amide bonds. The van der Waals surface area contributed by atoms with Gasteiger partial charge in [-0.15, -0.1) is 11.3 Å². The summed E-state index contributed by atoms with van der Waals surface area (Å²) in [5.41, 5.74) is 0.896. The first-order valence-electron chi connectivity index (χ1n) is 6.31. The van der Waals surface area contributed by atoms with E-state index >= 15 is 0 Å². The van der Waals surface area contributed by atoms with E-state index in [1.165, 1.54) is 28.7 Å². The summed E-state index contributed by atoms with van der Waals surface area (Å²) in [6, 6.07) is 3.69. The van der Waals surface area contributed by atoms with E-state index < -0.39 is 0 Å². The molecule has 0 aliphatic carbocycles. The highest BCUT2D eigenvalue weighted by Gasteiger charge is 2.12. The summed E-state index contributed by atoms with van der Waals surface area (Å²) in [6.45, 7) is 2.52. The highest BCUT2D eigenvalue weighted by Crippen LogP contribution is 2.27. The van der Waals surface area contributed by atoms with Crippen LogP contribution in [0.25, 0.3) is 10.8 Å². The molecule has 3 heterocycles. The summed E-state index contributed by atoms with van der Waals surface area (Å²) in [5, 5.41) is 7.56. The lowest BCUT2D eigenvalue weighted by Gasteiger charge is -2.03. The number of rotatable bonds is 5. The molecule has 0 spiro atoms. The number of nitrogens with zero attached hydrogens (tertiary/aromatic N) is 4. The number of hydrogen-bond acceptors (Lipinski definition) is 6. The van der Waals surface area contributed by atoms with E-state index in [1.807, 2.05) is 19.1 Å². The number of amides is 1. The Hall–Kier alpha value is -2.48. The summed E-state index contributed by atoms with van der Waals surface area (Å²) < 4.78 is 6.80. The van der Waals surface area contributed by atoms with Gasteiger partial charge in [-0.2, -0.15) is 5.10 Å². The maximum atomic E-state index is 11.8. The van der Waals surface area contributed by atoms with Crippen molar-refractivity contribution in [3.63, 3.8) is 0 Å².